The summed E-state index contributed by atoms with van der Waals surface area (Å²) in [5, 5.41) is 0. The third kappa shape index (κ3) is 7.02. The maximum atomic E-state index is 12.3. The molecule has 0 aliphatic carbocycles. The molecule has 0 atom stereocenters. The first-order valence-corrected chi connectivity index (χ1v) is 8.67. The fourth-order valence-corrected chi connectivity index (χ4v) is 2.47. The number of hydrogen-bond donors (Lipinski definition) is 0. The van der Waals surface area contributed by atoms with Crippen LogP contribution in [-0.4, -0.2) is 43.6 Å². The lowest BCUT2D eigenvalue weighted by molar-refractivity contribution is -0.140. The van der Waals surface area contributed by atoms with E-state index in [1.807, 2.05) is 43.0 Å². The standard InChI is InChI=1S/C19H29NO4/c1-4-20(5-2)18(21)15-16-11-8-9-12-17(16)24-14-10-6-7-13-19(22)23-3/h8-9,11-12H,4-7,10,13-15H2,1-3H3. The average Bonchev–Trinajstić information content (AvgIpc) is 2.60. The molecule has 0 saturated carbocycles. The van der Waals surface area contributed by atoms with Gasteiger partial charge in [-0.1, -0.05) is 18.2 Å². The van der Waals surface area contributed by atoms with Crippen molar-refractivity contribution in [2.45, 2.75) is 46.0 Å². The minimum Gasteiger partial charge on any atom is -0.493 e. The van der Waals surface area contributed by atoms with Crippen molar-refractivity contribution in [1.29, 1.82) is 0 Å². The van der Waals surface area contributed by atoms with Crippen molar-refractivity contribution in [3.05, 3.63) is 29.8 Å². The predicted molar refractivity (Wildman–Crippen MR) is 94.1 cm³/mol. The van der Waals surface area contributed by atoms with E-state index in [0.717, 1.165) is 43.7 Å². The van der Waals surface area contributed by atoms with Crippen LogP contribution in [0.1, 0.15) is 45.1 Å². The highest BCUT2D eigenvalue weighted by Crippen LogP contribution is 2.20. The van der Waals surface area contributed by atoms with Crippen molar-refractivity contribution in [3.63, 3.8) is 0 Å². The first-order chi connectivity index (χ1) is 11.6. The molecule has 5 nitrogen and oxygen atoms in total. The van der Waals surface area contributed by atoms with E-state index in [9.17, 15) is 9.59 Å². The number of unbranched alkanes of at least 4 members (excludes halogenated alkanes) is 2. The maximum absolute atomic E-state index is 12.3. The van der Waals surface area contributed by atoms with Gasteiger partial charge in [0, 0.05) is 25.1 Å². The fraction of sp³-hybridized carbons (Fsp3) is 0.579. The van der Waals surface area contributed by atoms with Crippen LogP contribution in [0.4, 0.5) is 0 Å². The number of carbonyl (C=O) groups excluding carboxylic acids is 2. The van der Waals surface area contributed by atoms with Gasteiger partial charge in [0.25, 0.3) is 0 Å². The zero-order chi connectivity index (χ0) is 17.8. The first kappa shape index (κ1) is 20.0. The van der Waals surface area contributed by atoms with Gasteiger partial charge in [-0.3, -0.25) is 9.59 Å². The number of rotatable bonds is 11. The van der Waals surface area contributed by atoms with Gasteiger partial charge in [-0.25, -0.2) is 0 Å². The molecule has 0 radical (unpaired) electrons. The molecule has 5 heteroatoms. The number of benzene rings is 1. The van der Waals surface area contributed by atoms with E-state index in [-0.39, 0.29) is 11.9 Å². The van der Waals surface area contributed by atoms with Crippen LogP contribution in [0.15, 0.2) is 24.3 Å². The molecule has 0 bridgehead atoms. The molecule has 0 aliphatic heterocycles. The van der Waals surface area contributed by atoms with E-state index in [4.69, 9.17) is 4.74 Å². The summed E-state index contributed by atoms with van der Waals surface area (Å²) in [5.41, 5.74) is 0.920. The van der Waals surface area contributed by atoms with Crippen LogP contribution in [0.2, 0.25) is 0 Å². The molecule has 1 amide bonds. The second-order valence-electron chi connectivity index (χ2n) is 5.59. The highest BCUT2D eigenvalue weighted by atomic mass is 16.5. The van der Waals surface area contributed by atoms with Gasteiger partial charge in [0.1, 0.15) is 5.75 Å². The highest BCUT2D eigenvalue weighted by Gasteiger charge is 2.13. The summed E-state index contributed by atoms with van der Waals surface area (Å²) < 4.78 is 10.4. The zero-order valence-corrected chi connectivity index (χ0v) is 15.0. The summed E-state index contributed by atoms with van der Waals surface area (Å²) in [7, 11) is 1.40. The summed E-state index contributed by atoms with van der Waals surface area (Å²) in [6.07, 6.45) is 3.40. The van der Waals surface area contributed by atoms with E-state index >= 15 is 0 Å². The normalized spacial score (nSPS) is 10.3. The van der Waals surface area contributed by atoms with Crippen LogP contribution < -0.4 is 4.74 Å². The van der Waals surface area contributed by atoms with Gasteiger partial charge in [0.2, 0.25) is 5.91 Å². The van der Waals surface area contributed by atoms with E-state index in [1.54, 1.807) is 0 Å². The number of carbonyl (C=O) groups is 2. The summed E-state index contributed by atoms with van der Waals surface area (Å²) >= 11 is 0. The molecule has 0 spiro atoms. The number of methoxy groups -OCH3 is 1. The molecule has 0 heterocycles. The van der Waals surface area contributed by atoms with Crippen LogP contribution in [0.3, 0.4) is 0 Å². The lowest BCUT2D eigenvalue weighted by Gasteiger charge is -2.19. The Bertz CT molecular complexity index is 512. The van der Waals surface area contributed by atoms with Crippen LogP contribution in [0, 0.1) is 0 Å². The minimum atomic E-state index is -0.170. The van der Waals surface area contributed by atoms with E-state index < -0.39 is 0 Å². The van der Waals surface area contributed by atoms with Crippen molar-refractivity contribution in [2.24, 2.45) is 0 Å². The smallest absolute Gasteiger partial charge is 0.305 e. The number of para-hydroxylation sites is 1. The summed E-state index contributed by atoms with van der Waals surface area (Å²) in [4.78, 5) is 25.1. The number of esters is 1. The predicted octanol–water partition coefficient (Wildman–Crippen LogP) is 3.21. The molecular weight excluding hydrogens is 306 g/mol. The van der Waals surface area contributed by atoms with Gasteiger partial charge < -0.3 is 14.4 Å². The number of likely N-dealkylation sites (N-methyl/N-ethyl adjacent to an activating group) is 1. The largest absolute Gasteiger partial charge is 0.493 e. The Hall–Kier alpha value is -2.04. The molecule has 0 fully saturated rings. The van der Waals surface area contributed by atoms with Crippen molar-refractivity contribution < 1.29 is 19.1 Å². The SMILES string of the molecule is CCN(CC)C(=O)Cc1ccccc1OCCCCCC(=O)OC. The summed E-state index contributed by atoms with van der Waals surface area (Å²) in [6, 6.07) is 7.68. The Morgan fingerprint density at radius 1 is 1.04 bits per heavy atom. The topological polar surface area (TPSA) is 55.8 Å². The lowest BCUT2D eigenvalue weighted by Crippen LogP contribution is -2.31. The third-order valence-electron chi connectivity index (χ3n) is 3.94. The second kappa shape index (κ2) is 11.5. The molecule has 0 saturated heterocycles. The summed E-state index contributed by atoms with van der Waals surface area (Å²) in [5.74, 6) is 0.719. The Labute approximate surface area is 144 Å². The Balaban J connectivity index is 2.43. The minimum absolute atomic E-state index is 0.120. The van der Waals surface area contributed by atoms with Crippen molar-refractivity contribution in [3.8, 4) is 5.75 Å². The van der Waals surface area contributed by atoms with Gasteiger partial charge >= 0.3 is 5.97 Å². The van der Waals surface area contributed by atoms with Crippen LogP contribution in [0.5, 0.6) is 5.75 Å². The summed E-state index contributed by atoms with van der Waals surface area (Å²) in [6.45, 7) is 5.99. The van der Waals surface area contributed by atoms with Crippen LogP contribution in [0.25, 0.3) is 0 Å². The maximum Gasteiger partial charge on any atom is 0.305 e. The van der Waals surface area contributed by atoms with E-state index in [2.05, 4.69) is 4.74 Å². The van der Waals surface area contributed by atoms with Crippen molar-refractivity contribution >= 4 is 11.9 Å². The lowest BCUT2D eigenvalue weighted by atomic mass is 10.1. The monoisotopic (exact) mass is 335 g/mol. The molecule has 1 aromatic rings. The van der Waals surface area contributed by atoms with Gasteiger partial charge in [-0.2, -0.15) is 0 Å². The molecular formula is C19H29NO4. The molecule has 1 rings (SSSR count). The van der Waals surface area contributed by atoms with Crippen LogP contribution in [-0.2, 0) is 20.7 Å². The van der Waals surface area contributed by atoms with E-state index in [1.165, 1.54) is 7.11 Å². The number of amides is 1. The number of hydrogen-bond acceptors (Lipinski definition) is 4. The molecule has 134 valence electrons. The Morgan fingerprint density at radius 2 is 1.75 bits per heavy atom. The first-order valence-electron chi connectivity index (χ1n) is 8.67. The molecule has 0 N–H and O–H groups in total. The zero-order valence-electron chi connectivity index (χ0n) is 15.0. The molecule has 0 unspecified atom stereocenters. The van der Waals surface area contributed by atoms with Gasteiger partial charge in [0.05, 0.1) is 20.1 Å². The van der Waals surface area contributed by atoms with Gasteiger partial charge in [-0.05, 0) is 39.2 Å². The molecule has 24 heavy (non-hydrogen) atoms. The number of nitrogens with zero attached hydrogens (tertiary/aromatic N) is 1. The Kier molecular flexibility index (Phi) is 9.58. The molecule has 0 aromatic heterocycles. The third-order valence-corrected chi connectivity index (χ3v) is 3.94. The van der Waals surface area contributed by atoms with Gasteiger partial charge in [0.15, 0.2) is 0 Å². The fourth-order valence-electron chi connectivity index (χ4n) is 2.47. The Morgan fingerprint density at radius 3 is 2.42 bits per heavy atom. The molecule has 0 aliphatic rings. The highest BCUT2D eigenvalue weighted by molar-refractivity contribution is 5.79. The van der Waals surface area contributed by atoms with Crippen LogP contribution >= 0.6 is 0 Å². The van der Waals surface area contributed by atoms with E-state index in [0.29, 0.717) is 19.4 Å². The average molecular weight is 335 g/mol. The van der Waals surface area contributed by atoms with Crippen molar-refractivity contribution in [2.75, 3.05) is 26.8 Å². The molecule has 1 aromatic carbocycles. The number of ether oxygens (including phenoxy) is 2. The van der Waals surface area contributed by atoms with Crippen molar-refractivity contribution in [1.82, 2.24) is 4.90 Å². The quantitative estimate of drug-likeness (QED) is 0.460. The van der Waals surface area contributed by atoms with Gasteiger partial charge in [-0.15, -0.1) is 0 Å². The second-order valence-corrected chi connectivity index (χ2v) is 5.59.